The third kappa shape index (κ3) is 2.69. The first-order valence-corrected chi connectivity index (χ1v) is 3.70. The zero-order chi connectivity index (χ0) is 9.14. The number of carbonyl (C=O) groups is 1. The van der Waals surface area contributed by atoms with Crippen molar-refractivity contribution >= 4 is 18.4 Å². The second-order valence-electron chi connectivity index (χ2n) is 2.90. The maximum atomic E-state index is 10.8. The van der Waals surface area contributed by atoms with E-state index >= 15 is 0 Å². The quantitative estimate of drug-likeness (QED) is 0.799. The van der Waals surface area contributed by atoms with Gasteiger partial charge in [0.15, 0.2) is 6.04 Å². The fourth-order valence-corrected chi connectivity index (χ4v) is 1.06. The standard InChI is InChI=1S/C7H11N3O2.ClH/c1-5(2)6(7(11)12)10-4-8-3-9-10;/h3-6H,1-2H3,(H,11,12);1H. The van der Waals surface area contributed by atoms with Crippen molar-refractivity contribution in [2.45, 2.75) is 19.9 Å². The van der Waals surface area contributed by atoms with E-state index in [-0.39, 0.29) is 18.3 Å². The number of carboxylic acid groups (broad SMARTS) is 1. The van der Waals surface area contributed by atoms with Gasteiger partial charge in [-0.3, -0.25) is 0 Å². The monoisotopic (exact) mass is 205 g/mol. The molecule has 1 atom stereocenters. The van der Waals surface area contributed by atoms with Crippen molar-refractivity contribution < 1.29 is 9.90 Å². The third-order valence-corrected chi connectivity index (χ3v) is 1.61. The lowest BCUT2D eigenvalue weighted by Crippen LogP contribution is -2.24. The van der Waals surface area contributed by atoms with Crippen LogP contribution in [-0.4, -0.2) is 25.8 Å². The fraction of sp³-hybridized carbons (Fsp3) is 0.571. The molecule has 0 saturated heterocycles. The van der Waals surface area contributed by atoms with Crippen LogP contribution in [0, 0.1) is 5.92 Å². The van der Waals surface area contributed by atoms with Gasteiger partial charge in [-0.2, -0.15) is 5.10 Å². The van der Waals surface area contributed by atoms with Gasteiger partial charge in [-0.1, -0.05) is 13.8 Å². The Balaban J connectivity index is 0.00000144. The fourth-order valence-electron chi connectivity index (χ4n) is 1.06. The molecule has 0 saturated carbocycles. The van der Waals surface area contributed by atoms with Gasteiger partial charge in [0, 0.05) is 0 Å². The molecule has 1 rings (SSSR count). The van der Waals surface area contributed by atoms with Crippen LogP contribution in [0.5, 0.6) is 0 Å². The zero-order valence-corrected chi connectivity index (χ0v) is 8.23. The minimum absolute atomic E-state index is 0. The molecule has 0 amide bonds. The average molecular weight is 206 g/mol. The lowest BCUT2D eigenvalue weighted by molar-refractivity contribution is -0.142. The van der Waals surface area contributed by atoms with Crippen molar-refractivity contribution in [1.82, 2.24) is 14.8 Å². The van der Waals surface area contributed by atoms with Gasteiger partial charge in [0.2, 0.25) is 0 Å². The molecule has 0 aromatic carbocycles. The molecule has 74 valence electrons. The smallest absolute Gasteiger partial charge is 0.328 e. The topological polar surface area (TPSA) is 68.0 Å². The predicted molar refractivity (Wildman–Crippen MR) is 48.8 cm³/mol. The number of aliphatic carboxylic acids is 1. The molecule has 0 fully saturated rings. The first-order valence-electron chi connectivity index (χ1n) is 3.70. The number of rotatable bonds is 3. The van der Waals surface area contributed by atoms with Crippen LogP contribution < -0.4 is 0 Å². The van der Waals surface area contributed by atoms with Gasteiger partial charge in [-0.15, -0.1) is 12.4 Å². The minimum atomic E-state index is -0.879. The van der Waals surface area contributed by atoms with Crippen molar-refractivity contribution in [2.75, 3.05) is 0 Å². The van der Waals surface area contributed by atoms with Crippen molar-refractivity contribution in [2.24, 2.45) is 5.92 Å². The van der Waals surface area contributed by atoms with Crippen molar-refractivity contribution in [3.63, 3.8) is 0 Å². The Bertz CT molecular complexity index is 261. The van der Waals surface area contributed by atoms with Gasteiger partial charge in [-0.25, -0.2) is 14.5 Å². The summed E-state index contributed by atoms with van der Waals surface area (Å²) in [6.07, 6.45) is 2.75. The second-order valence-corrected chi connectivity index (χ2v) is 2.90. The SMILES string of the molecule is CC(C)C(C(=O)O)n1cncn1.Cl. The second kappa shape index (κ2) is 4.81. The van der Waals surface area contributed by atoms with Crippen LogP contribution in [0.3, 0.4) is 0 Å². The molecule has 1 N–H and O–H groups in total. The molecule has 0 aliphatic carbocycles. The Labute approximate surface area is 82.2 Å². The van der Waals surface area contributed by atoms with E-state index in [9.17, 15) is 4.79 Å². The molecule has 0 bridgehead atoms. The summed E-state index contributed by atoms with van der Waals surface area (Å²) >= 11 is 0. The average Bonchev–Trinajstić information content (AvgIpc) is 2.37. The van der Waals surface area contributed by atoms with Crippen LogP contribution in [-0.2, 0) is 4.79 Å². The number of aromatic nitrogens is 3. The third-order valence-electron chi connectivity index (χ3n) is 1.61. The molecule has 0 aliphatic heterocycles. The van der Waals surface area contributed by atoms with E-state index in [1.54, 1.807) is 0 Å². The van der Waals surface area contributed by atoms with E-state index < -0.39 is 12.0 Å². The van der Waals surface area contributed by atoms with E-state index in [0.29, 0.717) is 0 Å². The van der Waals surface area contributed by atoms with E-state index in [4.69, 9.17) is 5.11 Å². The molecule has 13 heavy (non-hydrogen) atoms. The highest BCUT2D eigenvalue weighted by molar-refractivity contribution is 5.85. The van der Waals surface area contributed by atoms with Crippen LogP contribution in [0.2, 0.25) is 0 Å². The summed E-state index contributed by atoms with van der Waals surface area (Å²) in [6.45, 7) is 3.67. The zero-order valence-electron chi connectivity index (χ0n) is 7.41. The number of hydrogen-bond donors (Lipinski definition) is 1. The Morgan fingerprint density at radius 1 is 1.54 bits per heavy atom. The summed E-state index contributed by atoms with van der Waals surface area (Å²) in [5.74, 6) is -0.875. The first-order chi connectivity index (χ1) is 5.63. The molecule has 6 heteroatoms. The Kier molecular flexibility index (Phi) is 4.40. The van der Waals surface area contributed by atoms with Crippen LogP contribution in [0.4, 0.5) is 0 Å². The van der Waals surface area contributed by atoms with Crippen LogP contribution in [0.25, 0.3) is 0 Å². The number of hydrogen-bond acceptors (Lipinski definition) is 3. The van der Waals surface area contributed by atoms with Gasteiger partial charge in [-0.05, 0) is 5.92 Å². The molecule has 0 aliphatic rings. The van der Waals surface area contributed by atoms with Gasteiger partial charge in [0.1, 0.15) is 12.7 Å². The maximum Gasteiger partial charge on any atom is 0.328 e. The lowest BCUT2D eigenvalue weighted by Gasteiger charge is -2.15. The molecule has 1 aromatic heterocycles. The summed E-state index contributed by atoms with van der Waals surface area (Å²) < 4.78 is 1.35. The summed E-state index contributed by atoms with van der Waals surface area (Å²) in [6, 6.07) is -0.618. The highest BCUT2D eigenvalue weighted by Gasteiger charge is 2.23. The predicted octanol–water partition coefficient (Wildman–Crippen LogP) is 0.982. The summed E-state index contributed by atoms with van der Waals surface area (Å²) in [7, 11) is 0. The first kappa shape index (κ1) is 11.9. The van der Waals surface area contributed by atoms with E-state index in [0.717, 1.165) is 0 Å². The van der Waals surface area contributed by atoms with E-state index in [1.165, 1.54) is 17.3 Å². The van der Waals surface area contributed by atoms with Gasteiger partial charge >= 0.3 is 5.97 Å². The molecule has 1 unspecified atom stereocenters. The van der Waals surface area contributed by atoms with E-state index in [1.807, 2.05) is 13.8 Å². The van der Waals surface area contributed by atoms with Crippen LogP contribution >= 0.6 is 12.4 Å². The van der Waals surface area contributed by atoms with Crippen molar-refractivity contribution in [1.29, 1.82) is 0 Å². The van der Waals surface area contributed by atoms with Crippen molar-refractivity contribution in [3.8, 4) is 0 Å². The maximum absolute atomic E-state index is 10.8. The van der Waals surface area contributed by atoms with Crippen LogP contribution in [0.15, 0.2) is 12.7 Å². The van der Waals surface area contributed by atoms with Crippen LogP contribution in [0.1, 0.15) is 19.9 Å². The highest BCUT2D eigenvalue weighted by Crippen LogP contribution is 2.15. The molecular formula is C7H12ClN3O2. The highest BCUT2D eigenvalue weighted by atomic mass is 35.5. The summed E-state index contributed by atoms with van der Waals surface area (Å²) in [5.41, 5.74) is 0. The molecule has 1 aromatic rings. The molecule has 0 spiro atoms. The number of nitrogens with zero attached hydrogens (tertiary/aromatic N) is 3. The molecular weight excluding hydrogens is 194 g/mol. The molecule has 1 heterocycles. The Hall–Kier alpha value is -1.10. The largest absolute Gasteiger partial charge is 0.480 e. The Morgan fingerprint density at radius 3 is 2.46 bits per heavy atom. The minimum Gasteiger partial charge on any atom is -0.480 e. The van der Waals surface area contributed by atoms with Gasteiger partial charge < -0.3 is 5.11 Å². The van der Waals surface area contributed by atoms with Gasteiger partial charge in [0.25, 0.3) is 0 Å². The molecule has 0 radical (unpaired) electrons. The Morgan fingerprint density at radius 2 is 2.15 bits per heavy atom. The van der Waals surface area contributed by atoms with Gasteiger partial charge in [0.05, 0.1) is 0 Å². The van der Waals surface area contributed by atoms with Crippen molar-refractivity contribution in [3.05, 3.63) is 12.7 Å². The normalized spacial score (nSPS) is 12.2. The summed E-state index contributed by atoms with van der Waals surface area (Å²) in [5, 5.41) is 12.6. The van der Waals surface area contributed by atoms with E-state index in [2.05, 4.69) is 10.1 Å². The summed E-state index contributed by atoms with van der Waals surface area (Å²) in [4.78, 5) is 14.4. The number of carboxylic acids is 1. The molecule has 5 nitrogen and oxygen atoms in total. The lowest BCUT2D eigenvalue weighted by atomic mass is 10.1. The number of halogens is 1.